The average Bonchev–Trinajstić information content (AvgIpc) is 2.66. The highest BCUT2D eigenvalue weighted by atomic mass is 16.2. The Bertz CT molecular complexity index is 626. The lowest BCUT2D eigenvalue weighted by Crippen LogP contribution is -2.51. The van der Waals surface area contributed by atoms with Crippen LogP contribution < -0.4 is 5.32 Å². The van der Waals surface area contributed by atoms with E-state index in [0.29, 0.717) is 6.04 Å². The highest BCUT2D eigenvalue weighted by Gasteiger charge is 2.27. The third kappa shape index (κ3) is 5.50. The molecule has 0 radical (unpaired) electrons. The minimum Gasteiger partial charge on any atom is -0.335 e. The molecule has 1 N–H and O–H groups in total. The molecule has 0 atom stereocenters. The van der Waals surface area contributed by atoms with E-state index in [1.807, 2.05) is 4.90 Å². The number of urea groups is 1. The topological polar surface area (TPSA) is 35.6 Å². The number of hydrogen-bond acceptors (Lipinski definition) is 2. The summed E-state index contributed by atoms with van der Waals surface area (Å²) >= 11 is 0. The van der Waals surface area contributed by atoms with Crippen molar-refractivity contribution >= 4 is 6.03 Å². The van der Waals surface area contributed by atoms with Gasteiger partial charge in [0.25, 0.3) is 0 Å². The minimum absolute atomic E-state index is 0.112. The first-order chi connectivity index (χ1) is 13.4. The molecule has 0 saturated heterocycles. The van der Waals surface area contributed by atoms with Crippen molar-refractivity contribution in [3.05, 3.63) is 35.4 Å². The van der Waals surface area contributed by atoms with E-state index < -0.39 is 0 Å². The Morgan fingerprint density at radius 2 is 1.71 bits per heavy atom. The van der Waals surface area contributed by atoms with Gasteiger partial charge in [0.05, 0.1) is 0 Å². The number of rotatable bonds is 6. The third-order valence-corrected chi connectivity index (χ3v) is 6.58. The van der Waals surface area contributed by atoms with Crippen molar-refractivity contribution < 1.29 is 4.79 Å². The van der Waals surface area contributed by atoms with Crippen molar-refractivity contribution in [2.45, 2.75) is 90.9 Å². The summed E-state index contributed by atoms with van der Waals surface area (Å²) < 4.78 is 0. The van der Waals surface area contributed by atoms with Crippen LogP contribution >= 0.6 is 0 Å². The Hall–Kier alpha value is -1.55. The monoisotopic (exact) mass is 385 g/mol. The molecule has 0 aromatic heterocycles. The van der Waals surface area contributed by atoms with Gasteiger partial charge in [0.15, 0.2) is 0 Å². The van der Waals surface area contributed by atoms with Crippen LogP contribution in [-0.4, -0.2) is 47.0 Å². The van der Waals surface area contributed by atoms with E-state index in [2.05, 4.69) is 62.2 Å². The molecular formula is C24H39N3O. The molecule has 3 rings (SSSR count). The van der Waals surface area contributed by atoms with Gasteiger partial charge >= 0.3 is 6.03 Å². The highest BCUT2D eigenvalue weighted by Crippen LogP contribution is 2.28. The van der Waals surface area contributed by atoms with Crippen molar-refractivity contribution in [1.82, 2.24) is 15.1 Å². The lowest BCUT2D eigenvalue weighted by atomic mass is 9.84. The maximum Gasteiger partial charge on any atom is 0.318 e. The Kier molecular flexibility index (Phi) is 7.39. The minimum atomic E-state index is 0.112. The fourth-order valence-corrected chi connectivity index (χ4v) is 5.02. The molecule has 4 heteroatoms. The van der Waals surface area contributed by atoms with E-state index >= 15 is 0 Å². The summed E-state index contributed by atoms with van der Waals surface area (Å²) in [6.07, 6.45) is 7.24. The zero-order valence-electron chi connectivity index (χ0n) is 18.3. The Labute approximate surface area is 171 Å². The number of nitrogens with zero attached hydrogens (tertiary/aromatic N) is 2. The largest absolute Gasteiger partial charge is 0.335 e. The average molecular weight is 386 g/mol. The van der Waals surface area contributed by atoms with Gasteiger partial charge in [-0.2, -0.15) is 0 Å². The maximum absolute atomic E-state index is 12.6. The zero-order chi connectivity index (χ0) is 20.1. The molecule has 28 heavy (non-hydrogen) atoms. The highest BCUT2D eigenvalue weighted by molar-refractivity contribution is 5.75. The van der Waals surface area contributed by atoms with Gasteiger partial charge in [-0.25, -0.2) is 4.79 Å². The first-order valence-corrected chi connectivity index (χ1v) is 11.3. The summed E-state index contributed by atoms with van der Waals surface area (Å²) in [7, 11) is 0. The van der Waals surface area contributed by atoms with E-state index in [1.54, 1.807) is 0 Å². The molecule has 4 nitrogen and oxygen atoms in total. The van der Waals surface area contributed by atoms with Crippen LogP contribution in [-0.2, 0) is 13.0 Å². The first-order valence-electron chi connectivity index (χ1n) is 11.3. The Morgan fingerprint density at radius 1 is 1.07 bits per heavy atom. The summed E-state index contributed by atoms with van der Waals surface area (Å²) in [6.45, 7) is 11.9. The van der Waals surface area contributed by atoms with Crippen LogP contribution in [0.1, 0.15) is 70.9 Å². The summed E-state index contributed by atoms with van der Waals surface area (Å²) in [5, 5.41) is 3.30. The first kappa shape index (κ1) is 21.2. The van der Waals surface area contributed by atoms with Crippen LogP contribution in [0.15, 0.2) is 24.3 Å². The van der Waals surface area contributed by atoms with Crippen LogP contribution in [0.2, 0.25) is 0 Å². The molecule has 1 aromatic rings. The van der Waals surface area contributed by atoms with Gasteiger partial charge in [-0.1, -0.05) is 24.3 Å². The van der Waals surface area contributed by atoms with Crippen molar-refractivity contribution in [2.75, 3.05) is 13.1 Å². The molecule has 0 bridgehead atoms. The summed E-state index contributed by atoms with van der Waals surface area (Å²) in [4.78, 5) is 17.2. The number of nitrogens with one attached hydrogen (secondary N) is 1. The maximum atomic E-state index is 12.6. The molecule has 156 valence electrons. The van der Waals surface area contributed by atoms with Crippen molar-refractivity contribution in [3.63, 3.8) is 0 Å². The summed E-state index contributed by atoms with van der Waals surface area (Å²) in [5.41, 5.74) is 3.05. The smallest absolute Gasteiger partial charge is 0.318 e. The van der Waals surface area contributed by atoms with Gasteiger partial charge in [-0.3, -0.25) is 4.90 Å². The molecular weight excluding hydrogens is 346 g/mol. The van der Waals surface area contributed by atoms with Gasteiger partial charge in [0.1, 0.15) is 0 Å². The normalized spacial score (nSPS) is 22.9. The van der Waals surface area contributed by atoms with Crippen molar-refractivity contribution in [1.29, 1.82) is 0 Å². The second kappa shape index (κ2) is 9.78. The molecule has 1 aliphatic heterocycles. The van der Waals surface area contributed by atoms with E-state index in [0.717, 1.165) is 25.3 Å². The molecule has 1 aromatic carbocycles. The zero-order valence-corrected chi connectivity index (χ0v) is 18.3. The molecule has 1 heterocycles. The molecule has 2 aliphatic rings. The molecule has 2 amide bonds. The number of carbonyl (C=O) groups is 1. The predicted molar refractivity (Wildman–Crippen MR) is 116 cm³/mol. The number of benzene rings is 1. The molecule has 0 unspecified atom stereocenters. The van der Waals surface area contributed by atoms with Crippen LogP contribution in [0.3, 0.4) is 0 Å². The Morgan fingerprint density at radius 3 is 2.36 bits per heavy atom. The van der Waals surface area contributed by atoms with Gasteiger partial charge in [-0.05, 0) is 89.8 Å². The fraction of sp³-hybridized carbons (Fsp3) is 0.708. The van der Waals surface area contributed by atoms with Crippen LogP contribution in [0.5, 0.6) is 0 Å². The quantitative estimate of drug-likeness (QED) is 0.762. The van der Waals surface area contributed by atoms with Gasteiger partial charge in [-0.15, -0.1) is 0 Å². The fourth-order valence-electron chi connectivity index (χ4n) is 5.02. The van der Waals surface area contributed by atoms with E-state index in [4.69, 9.17) is 0 Å². The molecule has 1 saturated carbocycles. The second-order valence-electron chi connectivity index (χ2n) is 9.35. The Balaban J connectivity index is 1.38. The molecule has 1 fully saturated rings. The SMILES string of the molecule is CC(C)N(C(=O)NC1CCC(CCN2CCc3ccccc3C2)CC1)C(C)C. The summed E-state index contributed by atoms with van der Waals surface area (Å²) in [5.74, 6) is 0.816. The van der Waals surface area contributed by atoms with Crippen LogP contribution in [0, 0.1) is 5.92 Å². The van der Waals surface area contributed by atoms with Crippen molar-refractivity contribution in [2.24, 2.45) is 5.92 Å². The lowest BCUT2D eigenvalue weighted by molar-refractivity contribution is 0.154. The number of carbonyl (C=O) groups excluding carboxylic acids is 1. The van der Waals surface area contributed by atoms with E-state index in [-0.39, 0.29) is 18.1 Å². The number of hydrogen-bond donors (Lipinski definition) is 1. The van der Waals surface area contributed by atoms with Gasteiger partial charge in [0.2, 0.25) is 0 Å². The number of amides is 2. The van der Waals surface area contributed by atoms with Crippen molar-refractivity contribution in [3.8, 4) is 0 Å². The molecule has 1 aliphatic carbocycles. The predicted octanol–water partition coefficient (Wildman–Crippen LogP) is 4.82. The number of fused-ring (bicyclic) bond motifs is 1. The van der Waals surface area contributed by atoms with Crippen LogP contribution in [0.25, 0.3) is 0 Å². The van der Waals surface area contributed by atoms with Crippen LogP contribution in [0.4, 0.5) is 4.79 Å². The van der Waals surface area contributed by atoms with E-state index in [1.165, 1.54) is 49.9 Å². The lowest BCUT2D eigenvalue weighted by Gasteiger charge is -2.35. The standard InChI is InChI=1S/C24H39N3O/c1-18(2)27(19(3)4)24(28)25-23-11-9-20(10-12-23)13-15-26-16-14-21-7-5-6-8-22(21)17-26/h5-8,18-20,23H,9-17H2,1-4H3,(H,25,28). The van der Waals surface area contributed by atoms with Gasteiger partial charge < -0.3 is 10.2 Å². The third-order valence-electron chi connectivity index (χ3n) is 6.58. The molecule has 0 spiro atoms. The van der Waals surface area contributed by atoms with Gasteiger partial charge in [0, 0.05) is 31.2 Å². The summed E-state index contributed by atoms with van der Waals surface area (Å²) in [6, 6.07) is 9.84. The second-order valence-corrected chi connectivity index (χ2v) is 9.35. The van der Waals surface area contributed by atoms with E-state index in [9.17, 15) is 4.79 Å².